The summed E-state index contributed by atoms with van der Waals surface area (Å²) >= 11 is 0. The zero-order chi connectivity index (χ0) is 16.3. The van der Waals surface area contributed by atoms with Crippen molar-refractivity contribution < 1.29 is 9.59 Å². The van der Waals surface area contributed by atoms with E-state index in [1.807, 2.05) is 50.3 Å². The molecule has 1 aliphatic heterocycles. The van der Waals surface area contributed by atoms with E-state index >= 15 is 0 Å². The number of hydrogen-bond acceptors (Lipinski definition) is 2. The maximum Gasteiger partial charge on any atom is 0.327 e. The number of likely N-dealkylation sites (N-methyl/N-ethyl adjacent to an activating group) is 1. The molecule has 1 aliphatic rings. The molecule has 0 unspecified atom stereocenters. The predicted molar refractivity (Wildman–Crippen MR) is 87.2 cm³/mol. The number of nitrogens with zero attached hydrogens (tertiary/aromatic N) is 2. The molecule has 4 nitrogen and oxygen atoms in total. The Morgan fingerprint density at radius 2 is 2.00 bits per heavy atom. The van der Waals surface area contributed by atoms with E-state index in [0.29, 0.717) is 6.42 Å². The van der Waals surface area contributed by atoms with Crippen molar-refractivity contribution in [3.8, 4) is 0 Å². The topological polar surface area (TPSA) is 40.6 Å². The SMILES string of the molecule is C=CC[C@H](C)CC(=O)N1C(=O)N(C)[C@@H](C)[C@H]1c1ccccc1. The zero-order valence-electron chi connectivity index (χ0n) is 13.5. The lowest BCUT2D eigenvalue weighted by atomic mass is 9.98. The molecule has 2 rings (SSSR count). The third-order valence-corrected chi connectivity index (χ3v) is 4.36. The highest BCUT2D eigenvalue weighted by atomic mass is 16.2. The molecule has 1 aromatic rings. The molecular formula is C18H24N2O2. The second kappa shape index (κ2) is 6.77. The number of allylic oxidation sites excluding steroid dienone is 1. The average molecular weight is 300 g/mol. The highest BCUT2D eigenvalue weighted by Crippen LogP contribution is 2.35. The van der Waals surface area contributed by atoms with Crippen LogP contribution in [0.4, 0.5) is 4.79 Å². The first-order valence-corrected chi connectivity index (χ1v) is 7.72. The van der Waals surface area contributed by atoms with Crippen LogP contribution in [0.2, 0.25) is 0 Å². The molecule has 0 radical (unpaired) electrons. The van der Waals surface area contributed by atoms with Crippen molar-refractivity contribution in [2.75, 3.05) is 7.05 Å². The van der Waals surface area contributed by atoms with Gasteiger partial charge in [-0.3, -0.25) is 9.69 Å². The molecule has 0 aliphatic carbocycles. The fourth-order valence-electron chi connectivity index (χ4n) is 2.99. The van der Waals surface area contributed by atoms with E-state index in [1.54, 1.807) is 11.9 Å². The maximum atomic E-state index is 12.7. The van der Waals surface area contributed by atoms with Gasteiger partial charge in [0.05, 0.1) is 12.1 Å². The summed E-state index contributed by atoms with van der Waals surface area (Å²) in [5, 5.41) is 0. The smallest absolute Gasteiger partial charge is 0.322 e. The number of carbonyl (C=O) groups is 2. The third kappa shape index (κ3) is 3.06. The van der Waals surface area contributed by atoms with Crippen LogP contribution in [0.1, 0.15) is 38.3 Å². The van der Waals surface area contributed by atoms with Gasteiger partial charge < -0.3 is 4.90 Å². The van der Waals surface area contributed by atoms with Crippen molar-refractivity contribution in [3.05, 3.63) is 48.6 Å². The minimum atomic E-state index is -0.220. The van der Waals surface area contributed by atoms with Gasteiger partial charge in [-0.25, -0.2) is 4.79 Å². The Morgan fingerprint density at radius 3 is 2.59 bits per heavy atom. The minimum absolute atomic E-state index is 0.0337. The van der Waals surface area contributed by atoms with Crippen molar-refractivity contribution in [1.82, 2.24) is 9.80 Å². The van der Waals surface area contributed by atoms with Crippen LogP contribution in [0, 0.1) is 5.92 Å². The Bertz CT molecular complexity index is 555. The van der Waals surface area contributed by atoms with Gasteiger partial charge in [0.25, 0.3) is 0 Å². The average Bonchev–Trinajstić information content (AvgIpc) is 2.72. The summed E-state index contributed by atoms with van der Waals surface area (Å²) in [5.74, 6) is 0.0832. The number of hydrogen-bond donors (Lipinski definition) is 0. The summed E-state index contributed by atoms with van der Waals surface area (Å²) in [7, 11) is 1.75. The van der Waals surface area contributed by atoms with E-state index in [2.05, 4.69) is 6.58 Å². The van der Waals surface area contributed by atoms with E-state index in [9.17, 15) is 9.59 Å². The summed E-state index contributed by atoms with van der Waals surface area (Å²) in [4.78, 5) is 28.2. The van der Waals surface area contributed by atoms with Crippen LogP contribution in [0.25, 0.3) is 0 Å². The second-order valence-electron chi connectivity index (χ2n) is 6.09. The summed E-state index contributed by atoms with van der Waals surface area (Å²) in [6.45, 7) is 7.69. The van der Waals surface area contributed by atoms with Gasteiger partial charge in [-0.2, -0.15) is 0 Å². The molecule has 0 bridgehead atoms. The van der Waals surface area contributed by atoms with Crippen LogP contribution in [-0.4, -0.2) is 34.8 Å². The number of amides is 3. The maximum absolute atomic E-state index is 12.7. The normalized spacial score (nSPS) is 22.8. The van der Waals surface area contributed by atoms with Gasteiger partial charge in [0.1, 0.15) is 0 Å². The Hall–Kier alpha value is -2.10. The lowest BCUT2D eigenvalue weighted by Crippen LogP contribution is -2.37. The van der Waals surface area contributed by atoms with Crippen LogP contribution >= 0.6 is 0 Å². The van der Waals surface area contributed by atoms with Gasteiger partial charge >= 0.3 is 6.03 Å². The van der Waals surface area contributed by atoms with Crippen molar-refractivity contribution in [2.45, 2.75) is 38.8 Å². The van der Waals surface area contributed by atoms with E-state index < -0.39 is 0 Å². The van der Waals surface area contributed by atoms with Crippen molar-refractivity contribution in [3.63, 3.8) is 0 Å². The third-order valence-electron chi connectivity index (χ3n) is 4.36. The molecule has 1 saturated heterocycles. The van der Waals surface area contributed by atoms with Crippen molar-refractivity contribution >= 4 is 11.9 Å². The zero-order valence-corrected chi connectivity index (χ0v) is 13.5. The largest absolute Gasteiger partial charge is 0.327 e. The summed E-state index contributed by atoms with van der Waals surface area (Å²) in [5.41, 5.74) is 0.998. The highest BCUT2D eigenvalue weighted by Gasteiger charge is 2.45. The summed E-state index contributed by atoms with van der Waals surface area (Å²) in [6, 6.07) is 9.30. The van der Waals surface area contributed by atoms with Crippen molar-refractivity contribution in [2.24, 2.45) is 5.92 Å². The fourth-order valence-corrected chi connectivity index (χ4v) is 2.99. The van der Waals surface area contributed by atoms with Crippen LogP contribution < -0.4 is 0 Å². The van der Waals surface area contributed by atoms with Gasteiger partial charge in [0.2, 0.25) is 5.91 Å². The van der Waals surface area contributed by atoms with Crippen molar-refractivity contribution in [1.29, 1.82) is 0 Å². The number of benzene rings is 1. The van der Waals surface area contributed by atoms with E-state index in [0.717, 1.165) is 12.0 Å². The quantitative estimate of drug-likeness (QED) is 0.779. The molecule has 0 aromatic heterocycles. The first kappa shape index (κ1) is 16.3. The molecule has 1 heterocycles. The molecule has 1 fully saturated rings. The molecule has 0 spiro atoms. The van der Waals surface area contributed by atoms with Gasteiger partial charge in [-0.1, -0.05) is 43.3 Å². The van der Waals surface area contributed by atoms with Crippen LogP contribution in [-0.2, 0) is 4.79 Å². The Labute approximate surface area is 132 Å². The highest BCUT2D eigenvalue weighted by molar-refractivity contribution is 5.97. The minimum Gasteiger partial charge on any atom is -0.322 e. The van der Waals surface area contributed by atoms with E-state index in [-0.39, 0.29) is 29.9 Å². The molecule has 3 atom stereocenters. The molecule has 0 saturated carbocycles. The van der Waals surface area contributed by atoms with Gasteiger partial charge in [0, 0.05) is 13.5 Å². The molecule has 22 heavy (non-hydrogen) atoms. The number of rotatable bonds is 5. The van der Waals surface area contributed by atoms with Crippen LogP contribution in [0.5, 0.6) is 0 Å². The standard InChI is InChI=1S/C18H24N2O2/c1-5-9-13(2)12-16(21)20-17(14(3)19(4)18(20)22)15-10-7-6-8-11-15/h5-8,10-11,13-14,17H,1,9,12H2,2-4H3/t13-,14-,17-/m0/s1. The van der Waals surface area contributed by atoms with E-state index in [4.69, 9.17) is 0 Å². The van der Waals surface area contributed by atoms with Gasteiger partial charge in [0.15, 0.2) is 0 Å². The Morgan fingerprint density at radius 1 is 1.36 bits per heavy atom. The molecule has 1 aromatic carbocycles. The number of carbonyl (C=O) groups excluding carboxylic acids is 2. The first-order chi connectivity index (χ1) is 10.5. The molecule has 0 N–H and O–H groups in total. The number of imide groups is 1. The van der Waals surface area contributed by atoms with Gasteiger partial charge in [-0.15, -0.1) is 6.58 Å². The van der Waals surface area contributed by atoms with Crippen LogP contribution in [0.15, 0.2) is 43.0 Å². The molecular weight excluding hydrogens is 276 g/mol. The predicted octanol–water partition coefficient (Wildman–Crippen LogP) is 3.61. The monoisotopic (exact) mass is 300 g/mol. The molecule has 3 amide bonds. The summed E-state index contributed by atoms with van der Waals surface area (Å²) in [6.07, 6.45) is 2.95. The molecule has 118 valence electrons. The Kier molecular flexibility index (Phi) is 5.01. The fraction of sp³-hybridized carbons (Fsp3) is 0.444. The lowest BCUT2D eigenvalue weighted by Gasteiger charge is -2.25. The van der Waals surface area contributed by atoms with E-state index in [1.165, 1.54) is 4.90 Å². The van der Waals surface area contributed by atoms with Crippen LogP contribution in [0.3, 0.4) is 0 Å². The Balaban J connectivity index is 2.27. The second-order valence-corrected chi connectivity index (χ2v) is 6.09. The van der Waals surface area contributed by atoms with Gasteiger partial charge in [-0.05, 0) is 24.8 Å². The number of urea groups is 1. The first-order valence-electron chi connectivity index (χ1n) is 7.72. The lowest BCUT2D eigenvalue weighted by molar-refractivity contribution is -0.130. The summed E-state index contributed by atoms with van der Waals surface area (Å²) < 4.78 is 0. The molecule has 4 heteroatoms.